The lowest BCUT2D eigenvalue weighted by atomic mass is 10.00. The molecule has 0 saturated carbocycles. The Morgan fingerprint density at radius 3 is 2.56 bits per heavy atom. The first-order chi connectivity index (χ1) is 15.7. The lowest BCUT2D eigenvalue weighted by Crippen LogP contribution is -2.34. The summed E-state index contributed by atoms with van der Waals surface area (Å²) in [6.07, 6.45) is 3.53. The zero-order valence-electron chi connectivity index (χ0n) is 18.1. The number of hydrogen-bond donors (Lipinski definition) is 1. The Hall–Kier alpha value is -3.77. The standard InChI is InChI=1S/C26H25N5O/c1-18(31-11-13-32-14-12-31)19-5-3-6-20(15-19)21-8-9-24-23(16-21)26(27-2)30-25(29-24)22-7-4-10-28-17-22/h3-10,15-17H,1,11-14H2,2H3,(H,27,29,30). The molecular weight excluding hydrogens is 398 g/mol. The van der Waals surface area contributed by atoms with E-state index in [9.17, 15) is 0 Å². The summed E-state index contributed by atoms with van der Waals surface area (Å²) in [6, 6.07) is 18.7. The van der Waals surface area contributed by atoms with Gasteiger partial charge in [0.25, 0.3) is 0 Å². The molecule has 1 aliphatic heterocycles. The second kappa shape index (κ2) is 8.77. The van der Waals surface area contributed by atoms with Crippen LogP contribution in [0.2, 0.25) is 0 Å². The average molecular weight is 424 g/mol. The zero-order valence-corrected chi connectivity index (χ0v) is 18.1. The van der Waals surface area contributed by atoms with E-state index < -0.39 is 0 Å². The number of nitrogens with zero attached hydrogens (tertiary/aromatic N) is 4. The van der Waals surface area contributed by atoms with Crippen LogP contribution in [-0.4, -0.2) is 53.2 Å². The van der Waals surface area contributed by atoms with Crippen molar-refractivity contribution in [2.75, 3.05) is 38.7 Å². The minimum Gasteiger partial charge on any atom is -0.378 e. The van der Waals surface area contributed by atoms with Crippen molar-refractivity contribution >= 4 is 22.4 Å². The summed E-state index contributed by atoms with van der Waals surface area (Å²) < 4.78 is 5.47. The van der Waals surface area contributed by atoms with Gasteiger partial charge in [-0.15, -0.1) is 0 Å². The highest BCUT2D eigenvalue weighted by molar-refractivity contribution is 5.94. The molecule has 1 aliphatic rings. The average Bonchev–Trinajstić information content (AvgIpc) is 2.88. The van der Waals surface area contributed by atoms with Crippen molar-refractivity contribution in [3.8, 4) is 22.5 Å². The smallest absolute Gasteiger partial charge is 0.163 e. The fourth-order valence-corrected chi connectivity index (χ4v) is 4.02. The van der Waals surface area contributed by atoms with Gasteiger partial charge in [-0.05, 0) is 47.0 Å². The minimum atomic E-state index is 0.659. The molecule has 0 bridgehead atoms. The molecule has 0 aliphatic carbocycles. The summed E-state index contributed by atoms with van der Waals surface area (Å²) in [5, 5.41) is 4.21. The number of aromatic nitrogens is 3. The van der Waals surface area contributed by atoms with Gasteiger partial charge >= 0.3 is 0 Å². The Bertz CT molecular complexity index is 1270. The third-order valence-electron chi connectivity index (χ3n) is 5.77. The lowest BCUT2D eigenvalue weighted by molar-refractivity contribution is 0.0641. The first kappa shape index (κ1) is 20.2. The molecule has 0 atom stereocenters. The maximum absolute atomic E-state index is 5.47. The first-order valence-electron chi connectivity index (χ1n) is 10.8. The topological polar surface area (TPSA) is 63.2 Å². The number of morpholine rings is 1. The fraction of sp³-hybridized carbons (Fsp3) is 0.192. The first-order valence-corrected chi connectivity index (χ1v) is 10.8. The molecule has 1 N–H and O–H groups in total. The number of anilines is 1. The Morgan fingerprint density at radius 2 is 1.78 bits per heavy atom. The summed E-state index contributed by atoms with van der Waals surface area (Å²) >= 11 is 0. The van der Waals surface area contributed by atoms with Crippen LogP contribution in [0, 0.1) is 0 Å². The van der Waals surface area contributed by atoms with E-state index >= 15 is 0 Å². The van der Waals surface area contributed by atoms with E-state index in [2.05, 4.69) is 64.2 Å². The number of hydrogen-bond acceptors (Lipinski definition) is 6. The molecule has 6 heteroatoms. The van der Waals surface area contributed by atoms with Crippen molar-refractivity contribution in [2.24, 2.45) is 0 Å². The van der Waals surface area contributed by atoms with Crippen LogP contribution in [0.15, 0.2) is 73.6 Å². The van der Waals surface area contributed by atoms with Gasteiger partial charge < -0.3 is 15.0 Å². The molecule has 0 amide bonds. The number of rotatable bonds is 5. The van der Waals surface area contributed by atoms with Crippen LogP contribution in [0.5, 0.6) is 0 Å². The second-order valence-corrected chi connectivity index (χ2v) is 7.75. The van der Waals surface area contributed by atoms with Crippen LogP contribution in [0.25, 0.3) is 39.1 Å². The SMILES string of the molecule is C=C(c1cccc(-c2ccc3nc(-c4cccnc4)nc(NC)c3c2)c1)N1CCOCC1. The van der Waals surface area contributed by atoms with Crippen LogP contribution in [0.3, 0.4) is 0 Å². The zero-order chi connectivity index (χ0) is 21.9. The van der Waals surface area contributed by atoms with E-state index in [0.29, 0.717) is 5.82 Å². The second-order valence-electron chi connectivity index (χ2n) is 7.75. The summed E-state index contributed by atoms with van der Waals surface area (Å²) in [6.45, 7) is 7.58. The minimum absolute atomic E-state index is 0.659. The summed E-state index contributed by atoms with van der Waals surface area (Å²) in [5.74, 6) is 1.45. The van der Waals surface area contributed by atoms with Crippen LogP contribution >= 0.6 is 0 Å². The van der Waals surface area contributed by atoms with Crippen LogP contribution in [-0.2, 0) is 4.74 Å². The van der Waals surface area contributed by atoms with Crippen molar-refractivity contribution in [3.63, 3.8) is 0 Å². The number of nitrogens with one attached hydrogen (secondary N) is 1. The van der Waals surface area contributed by atoms with Gasteiger partial charge in [0.05, 0.1) is 18.7 Å². The quantitative estimate of drug-likeness (QED) is 0.502. The van der Waals surface area contributed by atoms with E-state index in [1.807, 2.05) is 19.2 Å². The maximum atomic E-state index is 5.47. The van der Waals surface area contributed by atoms with E-state index in [1.54, 1.807) is 12.4 Å². The number of pyridine rings is 1. The van der Waals surface area contributed by atoms with Gasteiger partial charge in [-0.2, -0.15) is 0 Å². The highest BCUT2D eigenvalue weighted by atomic mass is 16.5. The van der Waals surface area contributed by atoms with Gasteiger partial charge in [-0.25, -0.2) is 9.97 Å². The molecule has 160 valence electrons. The van der Waals surface area contributed by atoms with Gasteiger partial charge in [-0.3, -0.25) is 4.98 Å². The van der Waals surface area contributed by atoms with Gasteiger partial charge in [0.15, 0.2) is 5.82 Å². The summed E-state index contributed by atoms with van der Waals surface area (Å²) in [7, 11) is 1.88. The van der Waals surface area contributed by atoms with Gasteiger partial charge in [0.1, 0.15) is 5.82 Å². The molecule has 1 saturated heterocycles. The number of fused-ring (bicyclic) bond motifs is 1. The Morgan fingerprint density at radius 1 is 0.969 bits per heavy atom. The highest BCUT2D eigenvalue weighted by Gasteiger charge is 2.15. The van der Waals surface area contributed by atoms with Crippen LogP contribution in [0.1, 0.15) is 5.56 Å². The fourth-order valence-electron chi connectivity index (χ4n) is 4.02. The third-order valence-corrected chi connectivity index (χ3v) is 5.77. The molecule has 5 rings (SSSR count). The van der Waals surface area contributed by atoms with Crippen LogP contribution < -0.4 is 5.32 Å². The molecule has 2 aromatic heterocycles. The van der Waals surface area contributed by atoms with Gasteiger partial charge in [0, 0.05) is 49.2 Å². The van der Waals surface area contributed by atoms with Crippen molar-refractivity contribution in [1.82, 2.24) is 19.9 Å². The third kappa shape index (κ3) is 3.92. The van der Waals surface area contributed by atoms with Crippen molar-refractivity contribution < 1.29 is 4.74 Å². The van der Waals surface area contributed by atoms with E-state index in [1.165, 1.54) is 0 Å². The largest absolute Gasteiger partial charge is 0.378 e. The monoisotopic (exact) mass is 423 g/mol. The number of ether oxygens (including phenoxy) is 1. The summed E-state index contributed by atoms with van der Waals surface area (Å²) in [5.41, 5.74) is 6.20. The van der Waals surface area contributed by atoms with Crippen LogP contribution in [0.4, 0.5) is 5.82 Å². The normalized spacial score (nSPS) is 13.8. The molecule has 0 spiro atoms. The molecule has 0 radical (unpaired) electrons. The molecule has 0 unspecified atom stereocenters. The molecule has 1 fully saturated rings. The molecular formula is C26H25N5O. The molecule has 6 nitrogen and oxygen atoms in total. The molecule has 3 heterocycles. The van der Waals surface area contributed by atoms with E-state index in [-0.39, 0.29) is 0 Å². The molecule has 4 aromatic rings. The molecule has 2 aromatic carbocycles. The molecule has 32 heavy (non-hydrogen) atoms. The predicted octanol–water partition coefficient (Wildman–Crippen LogP) is 4.70. The van der Waals surface area contributed by atoms with E-state index in [0.717, 1.165) is 71.0 Å². The number of benzene rings is 2. The summed E-state index contributed by atoms with van der Waals surface area (Å²) in [4.78, 5) is 16.0. The van der Waals surface area contributed by atoms with Gasteiger partial charge in [-0.1, -0.05) is 30.8 Å². The van der Waals surface area contributed by atoms with Crippen molar-refractivity contribution in [3.05, 3.63) is 79.1 Å². The van der Waals surface area contributed by atoms with Crippen molar-refractivity contribution in [2.45, 2.75) is 0 Å². The lowest BCUT2D eigenvalue weighted by Gasteiger charge is -2.30. The predicted molar refractivity (Wildman–Crippen MR) is 129 cm³/mol. The maximum Gasteiger partial charge on any atom is 0.163 e. The Kier molecular flexibility index (Phi) is 5.52. The Balaban J connectivity index is 1.52. The Labute approximate surface area is 187 Å². The van der Waals surface area contributed by atoms with Crippen molar-refractivity contribution in [1.29, 1.82) is 0 Å². The highest BCUT2D eigenvalue weighted by Crippen LogP contribution is 2.31. The van der Waals surface area contributed by atoms with E-state index in [4.69, 9.17) is 14.7 Å². The van der Waals surface area contributed by atoms with Gasteiger partial charge in [0.2, 0.25) is 0 Å².